The number of carboxylic acid groups (broad SMARTS) is 1. The van der Waals surface area contributed by atoms with Crippen molar-refractivity contribution < 1.29 is 14.7 Å². The standard InChI is InChI=1S/C14H19N3O3/c15-9-5-6-11(14(19)20)12(7-9)17(8-13(16)18)10-3-1-2-4-10/h5-7,10H,1-4,8,15H2,(H2,16,18)(H,19,20). The fourth-order valence-corrected chi connectivity index (χ4v) is 2.76. The van der Waals surface area contributed by atoms with Gasteiger partial charge in [0.1, 0.15) is 0 Å². The van der Waals surface area contributed by atoms with Crippen LogP contribution in [0.3, 0.4) is 0 Å². The molecule has 1 saturated carbocycles. The Morgan fingerprint density at radius 3 is 2.50 bits per heavy atom. The topological polar surface area (TPSA) is 110 Å². The molecule has 0 saturated heterocycles. The third-order valence-electron chi connectivity index (χ3n) is 3.65. The molecule has 1 aromatic carbocycles. The van der Waals surface area contributed by atoms with Crippen molar-refractivity contribution in [2.45, 2.75) is 31.7 Å². The molecule has 0 aromatic heterocycles. The summed E-state index contributed by atoms with van der Waals surface area (Å²) in [5.74, 6) is -1.51. The molecular weight excluding hydrogens is 258 g/mol. The van der Waals surface area contributed by atoms with Gasteiger partial charge in [0.2, 0.25) is 5.91 Å². The summed E-state index contributed by atoms with van der Waals surface area (Å²) in [4.78, 5) is 24.4. The van der Waals surface area contributed by atoms with E-state index in [1.54, 1.807) is 17.0 Å². The molecule has 1 aromatic rings. The van der Waals surface area contributed by atoms with Crippen LogP contribution in [0.4, 0.5) is 11.4 Å². The van der Waals surface area contributed by atoms with E-state index in [0.717, 1.165) is 25.7 Å². The van der Waals surface area contributed by atoms with E-state index >= 15 is 0 Å². The second kappa shape index (κ2) is 5.81. The average Bonchev–Trinajstić information content (AvgIpc) is 2.88. The van der Waals surface area contributed by atoms with Crippen LogP contribution in [0.1, 0.15) is 36.0 Å². The highest BCUT2D eigenvalue weighted by Crippen LogP contribution is 2.31. The predicted molar refractivity (Wildman–Crippen MR) is 76.6 cm³/mol. The van der Waals surface area contributed by atoms with Gasteiger partial charge in [-0.05, 0) is 31.0 Å². The number of anilines is 2. The number of nitrogens with zero attached hydrogens (tertiary/aromatic N) is 1. The van der Waals surface area contributed by atoms with Crippen LogP contribution < -0.4 is 16.4 Å². The molecular formula is C14H19N3O3. The maximum atomic E-state index is 11.4. The summed E-state index contributed by atoms with van der Waals surface area (Å²) in [5, 5.41) is 9.30. The Labute approximate surface area is 117 Å². The highest BCUT2D eigenvalue weighted by molar-refractivity contribution is 5.96. The highest BCUT2D eigenvalue weighted by atomic mass is 16.4. The zero-order valence-electron chi connectivity index (χ0n) is 11.2. The number of hydrogen-bond acceptors (Lipinski definition) is 4. The molecule has 0 spiro atoms. The van der Waals surface area contributed by atoms with Gasteiger partial charge in [-0.3, -0.25) is 4.79 Å². The molecule has 1 amide bonds. The molecule has 1 aliphatic carbocycles. The van der Waals surface area contributed by atoms with Crippen LogP contribution in [0.25, 0.3) is 0 Å². The second-order valence-corrected chi connectivity index (χ2v) is 5.11. The zero-order valence-corrected chi connectivity index (χ0v) is 11.2. The minimum Gasteiger partial charge on any atom is -0.478 e. The number of carboxylic acids is 1. The number of primary amides is 1. The molecule has 1 aliphatic rings. The number of carbonyl (C=O) groups excluding carboxylic acids is 1. The zero-order chi connectivity index (χ0) is 14.7. The quantitative estimate of drug-likeness (QED) is 0.700. The van der Waals surface area contributed by atoms with Crippen molar-refractivity contribution in [2.75, 3.05) is 17.2 Å². The summed E-state index contributed by atoms with van der Waals surface area (Å²) in [6.07, 6.45) is 4.01. The molecule has 5 N–H and O–H groups in total. The van der Waals surface area contributed by atoms with Crippen molar-refractivity contribution >= 4 is 23.3 Å². The van der Waals surface area contributed by atoms with E-state index < -0.39 is 11.9 Å². The summed E-state index contributed by atoms with van der Waals surface area (Å²) < 4.78 is 0. The van der Waals surface area contributed by atoms with Crippen LogP contribution in [0.15, 0.2) is 18.2 Å². The molecule has 0 unspecified atom stereocenters. The number of benzene rings is 1. The first-order valence-corrected chi connectivity index (χ1v) is 6.67. The normalized spacial score (nSPS) is 15.2. The van der Waals surface area contributed by atoms with Gasteiger partial charge in [-0.15, -0.1) is 0 Å². The average molecular weight is 277 g/mol. The molecule has 20 heavy (non-hydrogen) atoms. The molecule has 1 fully saturated rings. The van der Waals surface area contributed by atoms with Crippen molar-refractivity contribution in [1.29, 1.82) is 0 Å². The number of rotatable bonds is 5. The molecule has 108 valence electrons. The Morgan fingerprint density at radius 1 is 1.30 bits per heavy atom. The smallest absolute Gasteiger partial charge is 0.337 e. The Bertz CT molecular complexity index is 524. The monoisotopic (exact) mass is 277 g/mol. The lowest BCUT2D eigenvalue weighted by Gasteiger charge is -2.31. The number of carbonyl (C=O) groups is 2. The fourth-order valence-electron chi connectivity index (χ4n) is 2.76. The number of nitrogen functional groups attached to an aromatic ring is 1. The van der Waals surface area contributed by atoms with Gasteiger partial charge < -0.3 is 21.5 Å². The van der Waals surface area contributed by atoms with Crippen molar-refractivity contribution in [3.05, 3.63) is 23.8 Å². The van der Waals surface area contributed by atoms with Crippen molar-refractivity contribution in [3.63, 3.8) is 0 Å². The molecule has 6 heteroatoms. The molecule has 2 rings (SSSR count). The first kappa shape index (κ1) is 14.2. The summed E-state index contributed by atoms with van der Waals surface area (Å²) in [5.41, 5.74) is 12.2. The van der Waals surface area contributed by atoms with E-state index in [1.165, 1.54) is 6.07 Å². The summed E-state index contributed by atoms with van der Waals surface area (Å²) in [6, 6.07) is 4.76. The van der Waals surface area contributed by atoms with Crippen LogP contribution in [-0.2, 0) is 4.79 Å². The number of nitrogens with two attached hydrogens (primary N) is 2. The minimum absolute atomic E-state index is 0.00833. The van der Waals surface area contributed by atoms with Gasteiger partial charge in [-0.25, -0.2) is 4.79 Å². The van der Waals surface area contributed by atoms with Crippen LogP contribution >= 0.6 is 0 Å². The summed E-state index contributed by atoms with van der Waals surface area (Å²) >= 11 is 0. The van der Waals surface area contributed by atoms with Crippen molar-refractivity contribution in [1.82, 2.24) is 0 Å². The third-order valence-corrected chi connectivity index (χ3v) is 3.65. The van der Waals surface area contributed by atoms with E-state index in [4.69, 9.17) is 11.5 Å². The Balaban J connectivity index is 2.43. The van der Waals surface area contributed by atoms with Crippen molar-refractivity contribution in [2.24, 2.45) is 5.73 Å². The van der Waals surface area contributed by atoms with Crippen LogP contribution in [0, 0.1) is 0 Å². The van der Waals surface area contributed by atoms with Crippen LogP contribution in [0.2, 0.25) is 0 Å². The minimum atomic E-state index is -1.03. The Morgan fingerprint density at radius 2 is 1.95 bits per heavy atom. The lowest BCUT2D eigenvalue weighted by Crippen LogP contribution is -2.41. The van der Waals surface area contributed by atoms with Gasteiger partial charge in [0.25, 0.3) is 0 Å². The Kier molecular flexibility index (Phi) is 4.12. The van der Waals surface area contributed by atoms with Crippen LogP contribution in [-0.4, -0.2) is 29.6 Å². The number of aromatic carboxylic acids is 1. The molecule has 0 radical (unpaired) electrons. The summed E-state index contributed by atoms with van der Waals surface area (Å²) in [6.45, 7) is 0.00833. The summed E-state index contributed by atoms with van der Waals surface area (Å²) in [7, 11) is 0. The largest absolute Gasteiger partial charge is 0.478 e. The van der Waals surface area contributed by atoms with Gasteiger partial charge in [0, 0.05) is 11.7 Å². The maximum absolute atomic E-state index is 11.4. The first-order chi connectivity index (χ1) is 9.49. The highest BCUT2D eigenvalue weighted by Gasteiger charge is 2.27. The van der Waals surface area contributed by atoms with Gasteiger partial charge in [-0.2, -0.15) is 0 Å². The maximum Gasteiger partial charge on any atom is 0.337 e. The molecule has 0 aliphatic heterocycles. The first-order valence-electron chi connectivity index (χ1n) is 6.67. The predicted octanol–water partition coefficient (Wildman–Crippen LogP) is 1.20. The van der Waals surface area contributed by atoms with Gasteiger partial charge in [0.05, 0.1) is 17.8 Å². The number of amides is 1. The second-order valence-electron chi connectivity index (χ2n) is 5.11. The van der Waals surface area contributed by atoms with Gasteiger partial charge in [0.15, 0.2) is 0 Å². The van der Waals surface area contributed by atoms with E-state index in [0.29, 0.717) is 11.4 Å². The molecule has 0 atom stereocenters. The van der Waals surface area contributed by atoms with Gasteiger partial charge in [-0.1, -0.05) is 12.8 Å². The van der Waals surface area contributed by atoms with E-state index in [-0.39, 0.29) is 18.2 Å². The van der Waals surface area contributed by atoms with Crippen molar-refractivity contribution in [3.8, 4) is 0 Å². The van der Waals surface area contributed by atoms with E-state index in [1.807, 2.05) is 0 Å². The SMILES string of the molecule is NC(=O)CN(c1cc(N)ccc1C(=O)O)C1CCCC1. The van der Waals surface area contributed by atoms with Crippen LogP contribution in [0.5, 0.6) is 0 Å². The molecule has 6 nitrogen and oxygen atoms in total. The van der Waals surface area contributed by atoms with E-state index in [9.17, 15) is 14.7 Å². The molecule has 0 bridgehead atoms. The lowest BCUT2D eigenvalue weighted by atomic mass is 10.1. The Hall–Kier alpha value is -2.24. The number of hydrogen-bond donors (Lipinski definition) is 3. The molecule has 0 heterocycles. The third kappa shape index (κ3) is 3.01. The fraction of sp³-hybridized carbons (Fsp3) is 0.429. The van der Waals surface area contributed by atoms with Gasteiger partial charge >= 0.3 is 5.97 Å². The lowest BCUT2D eigenvalue weighted by molar-refractivity contribution is -0.116. The van der Waals surface area contributed by atoms with E-state index in [2.05, 4.69) is 0 Å².